The van der Waals surface area contributed by atoms with Gasteiger partial charge in [0, 0.05) is 24.4 Å². The summed E-state index contributed by atoms with van der Waals surface area (Å²) in [6.07, 6.45) is 1.75. The van der Waals surface area contributed by atoms with E-state index in [1.54, 1.807) is 24.4 Å². The maximum atomic E-state index is 12.7. The maximum absolute atomic E-state index is 12.7. The number of amides is 1. The number of aromatic nitrogens is 1. The highest BCUT2D eigenvalue weighted by molar-refractivity contribution is 5.95. The zero-order chi connectivity index (χ0) is 21.2. The molecule has 0 radical (unpaired) electrons. The van der Waals surface area contributed by atoms with Gasteiger partial charge in [0.15, 0.2) is 11.5 Å². The smallest absolute Gasteiger partial charge is 0.251 e. The number of rotatable bonds is 11. The van der Waals surface area contributed by atoms with Crippen molar-refractivity contribution >= 4 is 5.91 Å². The molecule has 1 heterocycles. The molecule has 1 aromatic carbocycles. The van der Waals surface area contributed by atoms with Crippen LogP contribution < -0.4 is 24.3 Å². The van der Waals surface area contributed by atoms with Crippen LogP contribution in [0, 0.1) is 0 Å². The Bertz CT molecular complexity index is 763. The second-order valence-electron chi connectivity index (χ2n) is 6.45. The van der Waals surface area contributed by atoms with E-state index in [9.17, 15) is 4.79 Å². The summed E-state index contributed by atoms with van der Waals surface area (Å²) in [5, 5.41) is 2.89. The van der Waals surface area contributed by atoms with E-state index in [1.165, 1.54) is 0 Å². The fraction of sp³-hybridized carbons (Fsp3) is 0.455. The van der Waals surface area contributed by atoms with Crippen LogP contribution in [0.2, 0.25) is 0 Å². The summed E-state index contributed by atoms with van der Waals surface area (Å²) >= 11 is 0. The molecule has 1 N–H and O–H groups in total. The third kappa shape index (κ3) is 6.55. The molecule has 29 heavy (non-hydrogen) atoms. The minimum Gasteiger partial charge on any atom is -0.490 e. The minimum absolute atomic E-state index is 0.0618. The molecule has 2 aromatic rings. The standard InChI is InChI=1S/C22H30N2O5/c1-6-26-18-11-17(12-19(27-7-2)21(18)28-8-3)22(25)24-14-16-9-10-20(23-13-16)29-15(4)5/h9-13,15H,6-8,14H2,1-5H3,(H,24,25). The first kappa shape index (κ1) is 22.3. The van der Waals surface area contributed by atoms with E-state index < -0.39 is 0 Å². The average Bonchev–Trinajstić information content (AvgIpc) is 2.69. The summed E-state index contributed by atoms with van der Waals surface area (Å²) in [5.74, 6) is 1.81. The van der Waals surface area contributed by atoms with E-state index in [2.05, 4.69) is 10.3 Å². The molecule has 1 amide bonds. The lowest BCUT2D eigenvalue weighted by Crippen LogP contribution is -2.23. The Hall–Kier alpha value is -2.96. The number of carbonyl (C=O) groups is 1. The molecular weight excluding hydrogens is 372 g/mol. The van der Waals surface area contributed by atoms with Crippen molar-refractivity contribution in [2.75, 3.05) is 19.8 Å². The van der Waals surface area contributed by atoms with Crippen LogP contribution in [0.25, 0.3) is 0 Å². The third-order valence-electron chi connectivity index (χ3n) is 3.78. The SMILES string of the molecule is CCOc1cc(C(=O)NCc2ccc(OC(C)C)nc2)cc(OCC)c1OCC. The van der Waals surface area contributed by atoms with Crippen LogP contribution in [-0.2, 0) is 6.54 Å². The van der Waals surface area contributed by atoms with Crippen LogP contribution in [0.1, 0.15) is 50.5 Å². The van der Waals surface area contributed by atoms with Crippen molar-refractivity contribution in [3.05, 3.63) is 41.6 Å². The number of pyridine rings is 1. The minimum atomic E-state index is -0.238. The molecule has 0 fully saturated rings. The molecule has 7 heteroatoms. The Morgan fingerprint density at radius 1 is 1.00 bits per heavy atom. The van der Waals surface area contributed by atoms with Crippen molar-refractivity contribution in [1.82, 2.24) is 10.3 Å². The molecule has 0 saturated carbocycles. The number of carbonyl (C=O) groups excluding carboxylic acids is 1. The van der Waals surface area contributed by atoms with E-state index in [-0.39, 0.29) is 12.0 Å². The van der Waals surface area contributed by atoms with Gasteiger partial charge in [0.25, 0.3) is 5.91 Å². The van der Waals surface area contributed by atoms with Crippen molar-refractivity contribution in [1.29, 1.82) is 0 Å². The Morgan fingerprint density at radius 3 is 2.10 bits per heavy atom. The molecule has 2 rings (SSSR count). The molecule has 0 saturated heterocycles. The molecule has 158 valence electrons. The molecule has 1 aromatic heterocycles. The zero-order valence-electron chi connectivity index (χ0n) is 17.8. The Balaban J connectivity index is 2.14. The van der Waals surface area contributed by atoms with Crippen molar-refractivity contribution in [3.8, 4) is 23.1 Å². The van der Waals surface area contributed by atoms with Gasteiger partial charge in [0.05, 0.1) is 25.9 Å². The molecule has 0 aliphatic rings. The average molecular weight is 402 g/mol. The van der Waals surface area contributed by atoms with Crippen LogP contribution in [-0.4, -0.2) is 36.8 Å². The highest BCUT2D eigenvalue weighted by Crippen LogP contribution is 2.39. The molecule has 0 spiro atoms. The van der Waals surface area contributed by atoms with Crippen LogP contribution >= 0.6 is 0 Å². The summed E-state index contributed by atoms with van der Waals surface area (Å²) in [7, 11) is 0. The largest absolute Gasteiger partial charge is 0.490 e. The molecular formula is C22H30N2O5. The van der Waals surface area contributed by atoms with Crippen molar-refractivity contribution in [2.24, 2.45) is 0 Å². The molecule has 0 unspecified atom stereocenters. The third-order valence-corrected chi connectivity index (χ3v) is 3.78. The van der Waals surface area contributed by atoms with E-state index >= 15 is 0 Å². The lowest BCUT2D eigenvalue weighted by molar-refractivity contribution is 0.0949. The van der Waals surface area contributed by atoms with Gasteiger partial charge in [-0.25, -0.2) is 4.98 Å². The first-order valence-electron chi connectivity index (χ1n) is 9.94. The van der Waals surface area contributed by atoms with Gasteiger partial charge in [-0.15, -0.1) is 0 Å². The highest BCUT2D eigenvalue weighted by atomic mass is 16.5. The van der Waals surface area contributed by atoms with Crippen LogP contribution in [0.15, 0.2) is 30.5 Å². The molecule has 0 bridgehead atoms. The Labute approximate surface area is 172 Å². The second kappa shape index (κ2) is 11.1. The van der Waals surface area contributed by atoms with Gasteiger partial charge in [-0.05, 0) is 52.3 Å². The van der Waals surface area contributed by atoms with Crippen LogP contribution in [0.5, 0.6) is 23.1 Å². The van der Waals surface area contributed by atoms with Crippen LogP contribution in [0.4, 0.5) is 0 Å². The highest BCUT2D eigenvalue weighted by Gasteiger charge is 2.18. The van der Waals surface area contributed by atoms with E-state index in [1.807, 2.05) is 40.7 Å². The summed E-state index contributed by atoms with van der Waals surface area (Å²) in [6, 6.07) is 7.01. The monoisotopic (exact) mass is 402 g/mol. The zero-order valence-corrected chi connectivity index (χ0v) is 17.8. The quantitative estimate of drug-likeness (QED) is 0.612. The molecule has 0 aliphatic carbocycles. The Kier molecular flexibility index (Phi) is 8.58. The first-order chi connectivity index (χ1) is 14.0. The topological polar surface area (TPSA) is 78.9 Å². The van der Waals surface area contributed by atoms with Gasteiger partial charge in [0.2, 0.25) is 11.6 Å². The predicted octanol–water partition coefficient (Wildman–Crippen LogP) is 3.99. The van der Waals surface area contributed by atoms with Gasteiger partial charge in [-0.3, -0.25) is 4.79 Å². The first-order valence-corrected chi connectivity index (χ1v) is 9.94. The Morgan fingerprint density at radius 2 is 1.62 bits per heavy atom. The number of nitrogens with one attached hydrogen (secondary N) is 1. The van der Waals surface area contributed by atoms with Crippen molar-refractivity contribution in [2.45, 2.75) is 47.3 Å². The summed E-state index contributed by atoms with van der Waals surface area (Å²) < 4.78 is 22.5. The maximum Gasteiger partial charge on any atom is 0.251 e. The summed E-state index contributed by atoms with van der Waals surface area (Å²) in [5.41, 5.74) is 1.31. The predicted molar refractivity (Wildman–Crippen MR) is 111 cm³/mol. The lowest BCUT2D eigenvalue weighted by Gasteiger charge is -2.17. The van der Waals surface area contributed by atoms with Gasteiger partial charge in [-0.1, -0.05) is 6.07 Å². The fourth-order valence-corrected chi connectivity index (χ4v) is 2.63. The van der Waals surface area contributed by atoms with Crippen LogP contribution in [0.3, 0.4) is 0 Å². The van der Waals surface area contributed by atoms with Crippen molar-refractivity contribution in [3.63, 3.8) is 0 Å². The second-order valence-corrected chi connectivity index (χ2v) is 6.45. The van der Waals surface area contributed by atoms with E-state index in [0.717, 1.165) is 5.56 Å². The van der Waals surface area contributed by atoms with Gasteiger partial charge >= 0.3 is 0 Å². The number of benzene rings is 1. The van der Waals surface area contributed by atoms with Gasteiger partial charge < -0.3 is 24.3 Å². The molecule has 0 atom stereocenters. The summed E-state index contributed by atoms with van der Waals surface area (Å²) in [4.78, 5) is 17.0. The number of hydrogen-bond donors (Lipinski definition) is 1. The lowest BCUT2D eigenvalue weighted by atomic mass is 10.1. The normalized spacial score (nSPS) is 10.6. The number of ether oxygens (including phenoxy) is 4. The van der Waals surface area contributed by atoms with Gasteiger partial charge in [0.1, 0.15) is 0 Å². The van der Waals surface area contributed by atoms with Gasteiger partial charge in [-0.2, -0.15) is 0 Å². The molecule has 0 aliphatic heterocycles. The fourth-order valence-electron chi connectivity index (χ4n) is 2.63. The molecule has 7 nitrogen and oxygen atoms in total. The van der Waals surface area contributed by atoms with E-state index in [0.29, 0.717) is 55.1 Å². The number of hydrogen-bond acceptors (Lipinski definition) is 6. The summed E-state index contributed by atoms with van der Waals surface area (Å²) in [6.45, 7) is 11.2. The van der Waals surface area contributed by atoms with E-state index in [4.69, 9.17) is 18.9 Å². The number of nitrogens with zero attached hydrogens (tertiary/aromatic N) is 1. The van der Waals surface area contributed by atoms with Crippen molar-refractivity contribution < 1.29 is 23.7 Å².